The molecule has 2 N–H and O–H groups in total. The van der Waals surface area contributed by atoms with Gasteiger partial charge in [-0.25, -0.2) is 4.39 Å². The number of hydrogen-bond acceptors (Lipinski definition) is 2. The van der Waals surface area contributed by atoms with Gasteiger partial charge in [0.25, 0.3) is 5.91 Å². The van der Waals surface area contributed by atoms with E-state index in [1.165, 1.54) is 6.07 Å². The second kappa shape index (κ2) is 5.17. The molecule has 108 valence electrons. The van der Waals surface area contributed by atoms with E-state index in [-0.39, 0.29) is 27.6 Å². The molecule has 1 saturated heterocycles. The zero-order chi connectivity index (χ0) is 14.4. The maximum Gasteiger partial charge on any atom is 0.255 e. The van der Waals surface area contributed by atoms with Crippen molar-refractivity contribution < 1.29 is 9.18 Å². The number of carbonyl (C=O) groups is 1. The highest BCUT2D eigenvalue weighted by atomic mass is 35.5. The third-order valence-electron chi connectivity index (χ3n) is 4.44. The number of halogens is 3. The van der Waals surface area contributed by atoms with Gasteiger partial charge in [-0.2, -0.15) is 0 Å². The number of carbonyl (C=O) groups excluding carboxylic acids is 1. The highest BCUT2D eigenvalue weighted by Crippen LogP contribution is 2.38. The molecule has 3 rings (SSSR count). The van der Waals surface area contributed by atoms with Gasteiger partial charge in [0.15, 0.2) is 0 Å². The van der Waals surface area contributed by atoms with E-state index >= 15 is 0 Å². The molecule has 2 fully saturated rings. The van der Waals surface area contributed by atoms with Crippen molar-refractivity contribution in [3.05, 3.63) is 33.6 Å². The summed E-state index contributed by atoms with van der Waals surface area (Å²) in [5, 5.41) is 0.106. The molecule has 1 aliphatic heterocycles. The molecule has 3 atom stereocenters. The predicted octanol–water partition coefficient (Wildman–Crippen LogP) is 2.94. The molecule has 1 aliphatic carbocycles. The molecular weight excluding hydrogens is 302 g/mol. The summed E-state index contributed by atoms with van der Waals surface area (Å²) in [6.45, 7) is 1.31. The summed E-state index contributed by atoms with van der Waals surface area (Å²) in [4.78, 5) is 14.2. The van der Waals surface area contributed by atoms with Gasteiger partial charge in [-0.15, -0.1) is 0 Å². The van der Waals surface area contributed by atoms with Crippen LogP contribution in [0, 0.1) is 17.7 Å². The van der Waals surface area contributed by atoms with Gasteiger partial charge in [0.2, 0.25) is 0 Å². The SMILES string of the molecule is NC1CCC2CN(C(=O)c3cc(F)c(Cl)cc3Cl)CC12. The van der Waals surface area contributed by atoms with Crippen LogP contribution < -0.4 is 5.73 Å². The van der Waals surface area contributed by atoms with Gasteiger partial charge in [0.1, 0.15) is 5.82 Å². The monoisotopic (exact) mass is 316 g/mol. The van der Waals surface area contributed by atoms with E-state index in [0.717, 1.165) is 18.9 Å². The standard InChI is InChI=1S/C14H15Cl2FN2O/c15-10-4-11(16)12(17)3-8(10)14(20)19-5-7-1-2-13(18)9(7)6-19/h3-4,7,9,13H,1-2,5-6,18H2. The van der Waals surface area contributed by atoms with Gasteiger partial charge in [-0.1, -0.05) is 23.2 Å². The van der Waals surface area contributed by atoms with Crippen molar-refractivity contribution in [2.24, 2.45) is 17.6 Å². The molecule has 20 heavy (non-hydrogen) atoms. The first-order chi connectivity index (χ1) is 9.47. The lowest BCUT2D eigenvalue weighted by Gasteiger charge is -2.19. The van der Waals surface area contributed by atoms with Gasteiger partial charge >= 0.3 is 0 Å². The van der Waals surface area contributed by atoms with Crippen molar-refractivity contribution in [3.63, 3.8) is 0 Å². The van der Waals surface area contributed by atoms with Crippen LogP contribution >= 0.6 is 23.2 Å². The van der Waals surface area contributed by atoms with E-state index in [9.17, 15) is 9.18 Å². The van der Waals surface area contributed by atoms with Crippen LogP contribution in [-0.2, 0) is 0 Å². The van der Waals surface area contributed by atoms with Gasteiger partial charge < -0.3 is 10.6 Å². The minimum atomic E-state index is -0.629. The summed E-state index contributed by atoms with van der Waals surface area (Å²) in [5.41, 5.74) is 6.22. The number of amides is 1. The van der Waals surface area contributed by atoms with Crippen LogP contribution in [0.15, 0.2) is 12.1 Å². The summed E-state index contributed by atoms with van der Waals surface area (Å²) in [7, 11) is 0. The van der Waals surface area contributed by atoms with Crippen LogP contribution in [0.25, 0.3) is 0 Å². The zero-order valence-corrected chi connectivity index (χ0v) is 12.3. The van der Waals surface area contributed by atoms with Gasteiger partial charge in [-0.05, 0) is 36.8 Å². The molecule has 1 aromatic carbocycles. The van der Waals surface area contributed by atoms with Crippen molar-refractivity contribution in [1.29, 1.82) is 0 Å². The quantitative estimate of drug-likeness (QED) is 0.810. The summed E-state index contributed by atoms with van der Waals surface area (Å²) in [6.07, 6.45) is 2.08. The maximum absolute atomic E-state index is 13.5. The fourth-order valence-electron chi connectivity index (χ4n) is 3.33. The number of nitrogens with two attached hydrogens (primary N) is 1. The van der Waals surface area contributed by atoms with E-state index in [2.05, 4.69) is 0 Å². The van der Waals surface area contributed by atoms with Crippen LogP contribution in [0.2, 0.25) is 10.0 Å². The topological polar surface area (TPSA) is 46.3 Å². The molecule has 1 amide bonds. The first-order valence-corrected chi connectivity index (χ1v) is 7.42. The van der Waals surface area contributed by atoms with Crippen LogP contribution in [0.4, 0.5) is 4.39 Å². The van der Waals surface area contributed by atoms with Crippen LogP contribution in [-0.4, -0.2) is 29.9 Å². The Morgan fingerprint density at radius 1 is 1.25 bits per heavy atom. The van der Waals surface area contributed by atoms with E-state index in [0.29, 0.717) is 24.9 Å². The fraction of sp³-hybridized carbons (Fsp3) is 0.500. The van der Waals surface area contributed by atoms with E-state index in [4.69, 9.17) is 28.9 Å². The molecule has 3 unspecified atom stereocenters. The number of nitrogens with zero attached hydrogens (tertiary/aromatic N) is 1. The lowest BCUT2D eigenvalue weighted by Crippen LogP contribution is -2.33. The average molecular weight is 317 g/mol. The lowest BCUT2D eigenvalue weighted by atomic mass is 9.98. The summed E-state index contributed by atoms with van der Waals surface area (Å²) >= 11 is 11.6. The molecule has 0 spiro atoms. The maximum atomic E-state index is 13.5. The Morgan fingerprint density at radius 2 is 2.00 bits per heavy atom. The minimum Gasteiger partial charge on any atom is -0.338 e. The first kappa shape index (κ1) is 14.1. The van der Waals surface area contributed by atoms with Crippen molar-refractivity contribution in [3.8, 4) is 0 Å². The first-order valence-electron chi connectivity index (χ1n) is 6.66. The van der Waals surface area contributed by atoms with Crippen LogP contribution in [0.1, 0.15) is 23.2 Å². The fourth-order valence-corrected chi connectivity index (χ4v) is 3.79. The summed E-state index contributed by atoms with van der Waals surface area (Å²) in [5.74, 6) is -0.0533. The average Bonchev–Trinajstić information content (AvgIpc) is 2.96. The number of rotatable bonds is 1. The summed E-state index contributed by atoms with van der Waals surface area (Å²) in [6, 6.07) is 2.55. The smallest absolute Gasteiger partial charge is 0.255 e. The molecule has 3 nitrogen and oxygen atoms in total. The van der Waals surface area contributed by atoms with E-state index in [1.807, 2.05) is 0 Å². The molecule has 0 bridgehead atoms. The highest BCUT2D eigenvalue weighted by Gasteiger charge is 2.42. The highest BCUT2D eigenvalue weighted by molar-refractivity contribution is 6.36. The second-order valence-electron chi connectivity index (χ2n) is 5.62. The Kier molecular flexibility index (Phi) is 3.65. The minimum absolute atomic E-state index is 0.0770. The number of hydrogen-bond donors (Lipinski definition) is 1. The Balaban J connectivity index is 1.82. The number of fused-ring (bicyclic) bond motifs is 1. The Labute approximate surface area is 126 Å². The van der Waals surface area contributed by atoms with Gasteiger partial charge in [0, 0.05) is 19.1 Å². The molecule has 1 heterocycles. The third kappa shape index (κ3) is 2.30. The predicted molar refractivity (Wildman–Crippen MR) is 76.5 cm³/mol. The van der Waals surface area contributed by atoms with Crippen molar-refractivity contribution in [1.82, 2.24) is 4.90 Å². The number of likely N-dealkylation sites (tertiary alicyclic amines) is 1. The van der Waals surface area contributed by atoms with Gasteiger partial charge in [-0.3, -0.25) is 4.79 Å². The third-order valence-corrected chi connectivity index (χ3v) is 5.04. The van der Waals surface area contributed by atoms with Crippen molar-refractivity contribution >= 4 is 29.1 Å². The lowest BCUT2D eigenvalue weighted by molar-refractivity contribution is 0.0779. The number of benzene rings is 1. The molecular formula is C14H15Cl2FN2O. The van der Waals surface area contributed by atoms with E-state index < -0.39 is 5.82 Å². The molecule has 0 aromatic heterocycles. The van der Waals surface area contributed by atoms with Crippen LogP contribution in [0.5, 0.6) is 0 Å². The largest absolute Gasteiger partial charge is 0.338 e. The normalized spacial score (nSPS) is 28.8. The zero-order valence-electron chi connectivity index (χ0n) is 10.8. The Bertz CT molecular complexity index is 566. The molecule has 0 radical (unpaired) electrons. The Morgan fingerprint density at radius 3 is 2.70 bits per heavy atom. The molecule has 2 aliphatic rings. The van der Waals surface area contributed by atoms with Gasteiger partial charge in [0.05, 0.1) is 15.6 Å². The molecule has 1 saturated carbocycles. The van der Waals surface area contributed by atoms with Crippen LogP contribution in [0.3, 0.4) is 0 Å². The van der Waals surface area contributed by atoms with Crippen molar-refractivity contribution in [2.75, 3.05) is 13.1 Å². The second-order valence-corrected chi connectivity index (χ2v) is 6.44. The molecule has 6 heteroatoms. The Hall–Kier alpha value is -0.840. The molecule has 1 aromatic rings. The van der Waals surface area contributed by atoms with Crippen molar-refractivity contribution in [2.45, 2.75) is 18.9 Å². The summed E-state index contributed by atoms with van der Waals surface area (Å²) < 4.78 is 13.5. The van der Waals surface area contributed by atoms with E-state index in [1.54, 1.807) is 4.90 Å².